The Bertz CT molecular complexity index is 195. The highest BCUT2D eigenvalue weighted by Gasteiger charge is 2.25. The van der Waals surface area contributed by atoms with Crippen LogP contribution < -0.4 is 5.32 Å². The van der Waals surface area contributed by atoms with E-state index in [2.05, 4.69) is 30.0 Å². The zero-order valence-corrected chi connectivity index (χ0v) is 9.42. The van der Waals surface area contributed by atoms with Crippen molar-refractivity contribution in [2.24, 2.45) is 0 Å². The van der Waals surface area contributed by atoms with Crippen LogP contribution >= 0.6 is 0 Å². The summed E-state index contributed by atoms with van der Waals surface area (Å²) < 4.78 is 0. The van der Waals surface area contributed by atoms with Gasteiger partial charge in [0.05, 0.1) is 6.54 Å². The fourth-order valence-corrected chi connectivity index (χ4v) is 2.35. The smallest absolute Gasteiger partial charge is 0.0601 e. The van der Waals surface area contributed by atoms with E-state index in [0.717, 1.165) is 13.1 Å². The second kappa shape index (κ2) is 6.06. The van der Waals surface area contributed by atoms with Crippen molar-refractivity contribution in [1.82, 2.24) is 10.2 Å². The standard InChI is InChI=1S/C12H22N2/c1-4-9-14-10-7-6-8-12(14)11(3)13-5-2/h1,11-13H,5-10H2,2-3H3. The Morgan fingerprint density at radius 2 is 2.36 bits per heavy atom. The van der Waals surface area contributed by atoms with Crippen LogP contribution in [0.2, 0.25) is 0 Å². The molecule has 0 saturated carbocycles. The van der Waals surface area contributed by atoms with E-state index in [-0.39, 0.29) is 0 Å². The molecule has 1 aliphatic rings. The maximum atomic E-state index is 5.38. The van der Waals surface area contributed by atoms with Crippen molar-refractivity contribution in [2.45, 2.75) is 45.2 Å². The zero-order chi connectivity index (χ0) is 10.4. The van der Waals surface area contributed by atoms with E-state index in [1.807, 2.05) is 0 Å². The van der Waals surface area contributed by atoms with Gasteiger partial charge in [0, 0.05) is 12.1 Å². The van der Waals surface area contributed by atoms with Gasteiger partial charge in [-0.15, -0.1) is 6.42 Å². The molecule has 1 rings (SSSR count). The topological polar surface area (TPSA) is 15.3 Å². The van der Waals surface area contributed by atoms with E-state index in [0.29, 0.717) is 12.1 Å². The van der Waals surface area contributed by atoms with Gasteiger partial charge in [-0.05, 0) is 32.9 Å². The van der Waals surface area contributed by atoms with Crippen molar-refractivity contribution in [2.75, 3.05) is 19.6 Å². The van der Waals surface area contributed by atoms with Crippen LogP contribution in [0.3, 0.4) is 0 Å². The molecule has 0 aliphatic carbocycles. The molecule has 0 aromatic heterocycles. The third kappa shape index (κ3) is 3.01. The summed E-state index contributed by atoms with van der Waals surface area (Å²) in [6.45, 7) is 7.44. The summed E-state index contributed by atoms with van der Waals surface area (Å²) >= 11 is 0. The van der Waals surface area contributed by atoms with Crippen LogP contribution in [0.5, 0.6) is 0 Å². The number of piperidine rings is 1. The van der Waals surface area contributed by atoms with E-state index >= 15 is 0 Å². The molecule has 2 heteroatoms. The third-order valence-corrected chi connectivity index (χ3v) is 3.06. The lowest BCUT2D eigenvalue weighted by Crippen LogP contribution is -2.51. The first-order chi connectivity index (χ1) is 6.79. The van der Waals surface area contributed by atoms with Gasteiger partial charge in [-0.1, -0.05) is 19.3 Å². The minimum absolute atomic E-state index is 0.564. The largest absolute Gasteiger partial charge is 0.313 e. The first-order valence-electron chi connectivity index (χ1n) is 5.70. The van der Waals surface area contributed by atoms with E-state index in [9.17, 15) is 0 Å². The van der Waals surface area contributed by atoms with Crippen LogP contribution in [-0.2, 0) is 0 Å². The van der Waals surface area contributed by atoms with Crippen molar-refractivity contribution < 1.29 is 0 Å². The van der Waals surface area contributed by atoms with Gasteiger partial charge in [0.2, 0.25) is 0 Å². The van der Waals surface area contributed by atoms with E-state index < -0.39 is 0 Å². The monoisotopic (exact) mass is 194 g/mol. The van der Waals surface area contributed by atoms with Crippen LogP contribution in [0.15, 0.2) is 0 Å². The average molecular weight is 194 g/mol. The minimum atomic E-state index is 0.564. The lowest BCUT2D eigenvalue weighted by Gasteiger charge is -2.38. The molecule has 0 amide bonds. The number of likely N-dealkylation sites (N-methyl/N-ethyl adjacent to an activating group) is 1. The molecule has 1 fully saturated rings. The molecule has 2 nitrogen and oxygen atoms in total. The van der Waals surface area contributed by atoms with Crippen molar-refractivity contribution in [3.63, 3.8) is 0 Å². The van der Waals surface area contributed by atoms with E-state index in [1.165, 1.54) is 25.8 Å². The number of hydrogen-bond acceptors (Lipinski definition) is 2. The molecule has 0 aromatic rings. The summed E-state index contributed by atoms with van der Waals surface area (Å²) in [5.41, 5.74) is 0. The molecular weight excluding hydrogens is 172 g/mol. The van der Waals surface area contributed by atoms with Crippen LogP contribution in [0.1, 0.15) is 33.1 Å². The van der Waals surface area contributed by atoms with Crippen molar-refractivity contribution in [3.05, 3.63) is 0 Å². The highest BCUT2D eigenvalue weighted by Crippen LogP contribution is 2.19. The summed E-state index contributed by atoms with van der Waals surface area (Å²) in [7, 11) is 0. The van der Waals surface area contributed by atoms with E-state index in [1.54, 1.807) is 0 Å². The Labute approximate surface area is 88.1 Å². The highest BCUT2D eigenvalue weighted by molar-refractivity contribution is 4.94. The number of terminal acetylenes is 1. The van der Waals surface area contributed by atoms with Gasteiger partial charge in [-0.25, -0.2) is 0 Å². The van der Waals surface area contributed by atoms with Crippen molar-refractivity contribution in [3.8, 4) is 12.3 Å². The number of hydrogen-bond donors (Lipinski definition) is 1. The predicted octanol–water partition coefficient (Wildman–Crippen LogP) is 1.47. The lowest BCUT2D eigenvalue weighted by molar-refractivity contribution is 0.136. The fraction of sp³-hybridized carbons (Fsp3) is 0.833. The molecule has 1 heterocycles. The van der Waals surface area contributed by atoms with Gasteiger partial charge < -0.3 is 5.32 Å². The molecule has 1 aliphatic heterocycles. The van der Waals surface area contributed by atoms with Crippen molar-refractivity contribution >= 4 is 0 Å². The second-order valence-corrected chi connectivity index (χ2v) is 4.08. The molecule has 1 saturated heterocycles. The van der Waals surface area contributed by atoms with Crippen LogP contribution in [0, 0.1) is 12.3 Å². The van der Waals surface area contributed by atoms with Crippen LogP contribution in [0.4, 0.5) is 0 Å². The van der Waals surface area contributed by atoms with Gasteiger partial charge in [-0.3, -0.25) is 4.90 Å². The first-order valence-corrected chi connectivity index (χ1v) is 5.70. The Morgan fingerprint density at radius 3 is 3.00 bits per heavy atom. The van der Waals surface area contributed by atoms with Gasteiger partial charge in [-0.2, -0.15) is 0 Å². The Kier molecular flexibility index (Phi) is 5.00. The van der Waals surface area contributed by atoms with Crippen LogP contribution in [0.25, 0.3) is 0 Å². The van der Waals surface area contributed by atoms with Gasteiger partial charge in [0.25, 0.3) is 0 Å². The van der Waals surface area contributed by atoms with E-state index in [4.69, 9.17) is 6.42 Å². The SMILES string of the molecule is C#CCN1CCCCC1C(C)NCC. The summed E-state index contributed by atoms with van der Waals surface area (Å²) in [6.07, 6.45) is 9.32. The predicted molar refractivity (Wildman–Crippen MR) is 61.2 cm³/mol. The summed E-state index contributed by atoms with van der Waals surface area (Å²) in [5, 5.41) is 3.49. The average Bonchev–Trinajstić information content (AvgIpc) is 2.19. The lowest BCUT2D eigenvalue weighted by atomic mass is 9.96. The zero-order valence-electron chi connectivity index (χ0n) is 9.42. The van der Waals surface area contributed by atoms with Crippen molar-refractivity contribution in [1.29, 1.82) is 0 Å². The van der Waals surface area contributed by atoms with Crippen LogP contribution in [-0.4, -0.2) is 36.6 Å². The molecule has 0 spiro atoms. The molecule has 1 N–H and O–H groups in total. The molecule has 2 unspecified atom stereocenters. The van der Waals surface area contributed by atoms with Gasteiger partial charge >= 0.3 is 0 Å². The second-order valence-electron chi connectivity index (χ2n) is 4.08. The fourth-order valence-electron chi connectivity index (χ4n) is 2.35. The first kappa shape index (κ1) is 11.6. The quantitative estimate of drug-likeness (QED) is 0.682. The number of likely N-dealkylation sites (tertiary alicyclic amines) is 1. The molecule has 0 aromatic carbocycles. The molecule has 80 valence electrons. The Hall–Kier alpha value is -0.520. The van der Waals surface area contributed by atoms with Gasteiger partial charge in [0.15, 0.2) is 0 Å². The number of nitrogens with zero attached hydrogens (tertiary/aromatic N) is 1. The summed E-state index contributed by atoms with van der Waals surface area (Å²) in [5.74, 6) is 2.76. The Morgan fingerprint density at radius 1 is 1.57 bits per heavy atom. The molecule has 2 atom stereocenters. The maximum Gasteiger partial charge on any atom is 0.0601 e. The Balaban J connectivity index is 2.49. The number of nitrogens with one attached hydrogen (secondary N) is 1. The molecule has 0 bridgehead atoms. The summed E-state index contributed by atoms with van der Waals surface area (Å²) in [4.78, 5) is 2.44. The molecule has 0 radical (unpaired) electrons. The highest BCUT2D eigenvalue weighted by atomic mass is 15.2. The maximum absolute atomic E-state index is 5.38. The van der Waals surface area contributed by atoms with Gasteiger partial charge in [0.1, 0.15) is 0 Å². The molecule has 14 heavy (non-hydrogen) atoms. The number of rotatable bonds is 4. The normalized spacial score (nSPS) is 25.6. The third-order valence-electron chi connectivity index (χ3n) is 3.06. The summed E-state index contributed by atoms with van der Waals surface area (Å²) in [6, 6.07) is 1.20. The minimum Gasteiger partial charge on any atom is -0.313 e. The molecular formula is C12H22N2.